The van der Waals surface area contributed by atoms with E-state index in [2.05, 4.69) is 28.9 Å². The largest absolute Gasteiger partial charge is 0.493 e. The van der Waals surface area contributed by atoms with Gasteiger partial charge in [0.25, 0.3) is 0 Å². The maximum Gasteiger partial charge on any atom is 0.243 e. The van der Waals surface area contributed by atoms with Crippen LogP contribution in [0, 0.1) is 6.92 Å². The second kappa shape index (κ2) is 10.5. The van der Waals surface area contributed by atoms with Crippen LogP contribution in [0.1, 0.15) is 31.2 Å². The van der Waals surface area contributed by atoms with Crippen molar-refractivity contribution in [3.63, 3.8) is 0 Å². The molecule has 0 saturated carbocycles. The van der Waals surface area contributed by atoms with E-state index in [9.17, 15) is 4.79 Å². The lowest BCUT2D eigenvalue weighted by atomic mass is 10.2. The number of nitrogens with one attached hydrogen (secondary N) is 1. The molecule has 0 bridgehead atoms. The van der Waals surface area contributed by atoms with Crippen LogP contribution in [0.2, 0.25) is 0 Å². The molecule has 3 aromatic rings. The number of rotatable bonds is 10. The highest BCUT2D eigenvalue weighted by atomic mass is 16.5. The molecule has 152 valence electrons. The SMILES string of the molecule is C/C=C/C(=O)NCCc1nc2ccccc2n1CCCCOc1ccccc1C. The number of aromatic nitrogens is 2. The van der Waals surface area contributed by atoms with Gasteiger partial charge in [-0.2, -0.15) is 0 Å². The van der Waals surface area contributed by atoms with Crippen molar-refractivity contribution in [2.45, 2.75) is 39.7 Å². The highest BCUT2D eigenvalue weighted by molar-refractivity contribution is 5.87. The third kappa shape index (κ3) is 5.70. The lowest BCUT2D eigenvalue weighted by Crippen LogP contribution is -2.24. The molecule has 1 heterocycles. The number of amides is 1. The van der Waals surface area contributed by atoms with Crippen LogP contribution in [0.3, 0.4) is 0 Å². The fraction of sp³-hybridized carbons (Fsp3) is 0.333. The molecule has 0 spiro atoms. The predicted molar refractivity (Wildman–Crippen MR) is 117 cm³/mol. The Morgan fingerprint density at radius 3 is 2.76 bits per heavy atom. The van der Waals surface area contributed by atoms with Gasteiger partial charge in [0.15, 0.2) is 0 Å². The Hall–Kier alpha value is -3.08. The molecule has 0 aliphatic heterocycles. The van der Waals surface area contributed by atoms with Gasteiger partial charge in [0.05, 0.1) is 17.6 Å². The lowest BCUT2D eigenvalue weighted by Gasteiger charge is -2.11. The van der Waals surface area contributed by atoms with Crippen LogP contribution in [0.5, 0.6) is 5.75 Å². The zero-order valence-corrected chi connectivity index (χ0v) is 17.2. The number of carbonyl (C=O) groups is 1. The van der Waals surface area contributed by atoms with E-state index in [1.165, 1.54) is 6.08 Å². The molecule has 5 nitrogen and oxygen atoms in total. The molecule has 0 radical (unpaired) electrons. The van der Waals surface area contributed by atoms with Crippen LogP contribution in [0.4, 0.5) is 0 Å². The smallest absolute Gasteiger partial charge is 0.243 e. The van der Waals surface area contributed by atoms with E-state index in [0.29, 0.717) is 19.6 Å². The van der Waals surface area contributed by atoms with Crippen molar-refractivity contribution in [3.8, 4) is 5.75 Å². The molecular formula is C24H29N3O2. The van der Waals surface area contributed by atoms with Crippen molar-refractivity contribution >= 4 is 16.9 Å². The van der Waals surface area contributed by atoms with Crippen LogP contribution in [0.25, 0.3) is 11.0 Å². The number of nitrogens with zero attached hydrogens (tertiary/aromatic N) is 2. The number of imidazole rings is 1. The average molecular weight is 392 g/mol. The summed E-state index contributed by atoms with van der Waals surface area (Å²) in [5.41, 5.74) is 3.30. The molecule has 1 N–H and O–H groups in total. The minimum absolute atomic E-state index is 0.0662. The van der Waals surface area contributed by atoms with Gasteiger partial charge >= 0.3 is 0 Å². The summed E-state index contributed by atoms with van der Waals surface area (Å²) in [6.07, 6.45) is 5.96. The first-order chi connectivity index (χ1) is 14.2. The average Bonchev–Trinajstić information content (AvgIpc) is 3.07. The number of fused-ring (bicyclic) bond motifs is 1. The Kier molecular flexibility index (Phi) is 7.45. The van der Waals surface area contributed by atoms with Gasteiger partial charge < -0.3 is 14.6 Å². The van der Waals surface area contributed by atoms with Gasteiger partial charge in [-0.25, -0.2) is 4.98 Å². The van der Waals surface area contributed by atoms with E-state index in [4.69, 9.17) is 9.72 Å². The zero-order valence-electron chi connectivity index (χ0n) is 17.2. The van der Waals surface area contributed by atoms with Gasteiger partial charge in [0.1, 0.15) is 11.6 Å². The summed E-state index contributed by atoms with van der Waals surface area (Å²) >= 11 is 0. The molecule has 0 saturated heterocycles. The molecule has 2 aromatic carbocycles. The first-order valence-electron chi connectivity index (χ1n) is 10.2. The highest BCUT2D eigenvalue weighted by Gasteiger charge is 2.10. The van der Waals surface area contributed by atoms with Crippen LogP contribution in [-0.2, 0) is 17.8 Å². The maximum absolute atomic E-state index is 11.6. The summed E-state index contributed by atoms with van der Waals surface area (Å²) in [5, 5.41) is 2.90. The Balaban J connectivity index is 1.57. The van der Waals surface area contributed by atoms with Crippen LogP contribution in [0.15, 0.2) is 60.7 Å². The topological polar surface area (TPSA) is 56.2 Å². The maximum atomic E-state index is 11.6. The minimum atomic E-state index is -0.0662. The highest BCUT2D eigenvalue weighted by Crippen LogP contribution is 2.19. The summed E-state index contributed by atoms with van der Waals surface area (Å²) < 4.78 is 8.18. The van der Waals surface area contributed by atoms with Crippen molar-refractivity contribution in [2.24, 2.45) is 0 Å². The van der Waals surface area contributed by atoms with E-state index in [1.54, 1.807) is 6.08 Å². The summed E-state index contributed by atoms with van der Waals surface area (Å²) in [6, 6.07) is 16.3. The minimum Gasteiger partial charge on any atom is -0.493 e. The summed E-state index contributed by atoms with van der Waals surface area (Å²) in [7, 11) is 0. The van der Waals surface area contributed by atoms with E-state index in [1.807, 2.05) is 43.3 Å². The molecule has 1 aromatic heterocycles. The van der Waals surface area contributed by atoms with E-state index in [0.717, 1.165) is 47.6 Å². The molecule has 0 aliphatic carbocycles. The monoisotopic (exact) mass is 391 g/mol. The van der Waals surface area contributed by atoms with E-state index >= 15 is 0 Å². The predicted octanol–water partition coefficient (Wildman–Crippen LogP) is 4.44. The van der Waals surface area contributed by atoms with Gasteiger partial charge in [0, 0.05) is 19.5 Å². The quantitative estimate of drug-likeness (QED) is 0.411. The molecule has 0 aliphatic rings. The van der Waals surface area contributed by atoms with Gasteiger partial charge in [-0.1, -0.05) is 36.4 Å². The number of allylic oxidation sites excluding steroid dienone is 1. The van der Waals surface area contributed by atoms with Gasteiger partial charge in [-0.05, 0) is 56.5 Å². The van der Waals surface area contributed by atoms with Gasteiger partial charge in [-0.15, -0.1) is 0 Å². The molecule has 0 fully saturated rings. The van der Waals surface area contributed by atoms with Gasteiger partial charge in [0.2, 0.25) is 5.91 Å². The second-order valence-corrected chi connectivity index (χ2v) is 7.03. The van der Waals surface area contributed by atoms with Crippen molar-refractivity contribution in [1.82, 2.24) is 14.9 Å². The number of aryl methyl sites for hydroxylation is 2. The number of para-hydroxylation sites is 3. The standard InChI is InChI=1S/C24H29N3O2/c1-3-10-24(28)25-16-15-23-26-20-12-5-6-13-21(20)27(23)17-8-9-18-29-22-14-7-4-11-19(22)2/h3-7,10-14H,8-9,15-18H2,1-2H3,(H,25,28)/b10-3+. The first kappa shape index (κ1) is 20.6. The molecular weight excluding hydrogens is 362 g/mol. The summed E-state index contributed by atoms with van der Waals surface area (Å²) in [4.78, 5) is 16.4. The normalized spacial score (nSPS) is 11.2. The summed E-state index contributed by atoms with van der Waals surface area (Å²) in [6.45, 7) is 6.06. The molecule has 0 atom stereocenters. The van der Waals surface area contributed by atoms with Crippen LogP contribution in [-0.4, -0.2) is 28.6 Å². The third-order valence-electron chi connectivity index (χ3n) is 4.83. The lowest BCUT2D eigenvalue weighted by molar-refractivity contribution is -0.116. The third-order valence-corrected chi connectivity index (χ3v) is 4.83. The summed E-state index contributed by atoms with van der Waals surface area (Å²) in [5.74, 6) is 1.90. The fourth-order valence-electron chi connectivity index (χ4n) is 3.35. The Morgan fingerprint density at radius 1 is 1.14 bits per heavy atom. The van der Waals surface area contributed by atoms with Crippen molar-refractivity contribution in [3.05, 3.63) is 72.1 Å². The van der Waals surface area contributed by atoms with E-state index < -0.39 is 0 Å². The number of hydrogen-bond acceptors (Lipinski definition) is 3. The molecule has 29 heavy (non-hydrogen) atoms. The second-order valence-electron chi connectivity index (χ2n) is 7.03. The van der Waals surface area contributed by atoms with Crippen LogP contribution < -0.4 is 10.1 Å². The van der Waals surface area contributed by atoms with Crippen LogP contribution >= 0.6 is 0 Å². The Labute approximate surface area is 172 Å². The van der Waals surface area contributed by atoms with Crippen molar-refractivity contribution in [2.75, 3.05) is 13.2 Å². The number of carbonyl (C=O) groups excluding carboxylic acids is 1. The van der Waals surface area contributed by atoms with Crippen molar-refractivity contribution in [1.29, 1.82) is 0 Å². The molecule has 0 unspecified atom stereocenters. The number of ether oxygens (including phenoxy) is 1. The molecule has 3 rings (SSSR count). The number of benzene rings is 2. The van der Waals surface area contributed by atoms with Gasteiger partial charge in [-0.3, -0.25) is 4.79 Å². The van der Waals surface area contributed by atoms with Crippen molar-refractivity contribution < 1.29 is 9.53 Å². The fourth-order valence-corrected chi connectivity index (χ4v) is 3.35. The molecule has 5 heteroatoms. The number of unbranched alkanes of at least 4 members (excludes halogenated alkanes) is 1. The Morgan fingerprint density at radius 2 is 1.93 bits per heavy atom. The Bertz CT molecular complexity index is 975. The van der Waals surface area contributed by atoms with E-state index in [-0.39, 0.29) is 5.91 Å². The zero-order chi connectivity index (χ0) is 20.5. The number of hydrogen-bond donors (Lipinski definition) is 1. The molecule has 1 amide bonds. The first-order valence-corrected chi connectivity index (χ1v) is 10.2.